The van der Waals surface area contributed by atoms with E-state index >= 15 is 0 Å². The molecule has 1 heterocycles. The molecule has 0 radical (unpaired) electrons. The third kappa shape index (κ3) is 2.04. The summed E-state index contributed by atoms with van der Waals surface area (Å²) in [7, 11) is 0. The largest absolute Gasteiger partial charge is 0.341 e. The molecule has 0 aromatic rings. The van der Waals surface area contributed by atoms with Crippen LogP contribution in [0.2, 0.25) is 0 Å². The zero-order chi connectivity index (χ0) is 11.9. The summed E-state index contributed by atoms with van der Waals surface area (Å²) in [6.45, 7) is 2.22. The lowest BCUT2D eigenvalue weighted by Crippen LogP contribution is -2.38. The van der Waals surface area contributed by atoms with Gasteiger partial charge in [0.1, 0.15) is 5.38 Å². The van der Waals surface area contributed by atoms with Crippen LogP contribution in [0.15, 0.2) is 0 Å². The van der Waals surface area contributed by atoms with E-state index in [2.05, 4.69) is 0 Å². The molecule has 2 nitrogen and oxygen atoms in total. The number of rotatable bonds is 1. The Kier molecular flexibility index (Phi) is 3.12. The van der Waals surface area contributed by atoms with Crippen LogP contribution in [-0.4, -0.2) is 35.2 Å². The van der Waals surface area contributed by atoms with E-state index in [1.807, 2.05) is 0 Å². The van der Waals surface area contributed by atoms with E-state index in [0.29, 0.717) is 13.0 Å². The zero-order valence-corrected chi connectivity index (χ0v) is 10.0. The van der Waals surface area contributed by atoms with E-state index in [9.17, 15) is 13.6 Å². The standard InChI is InChI=1S/C11H16ClF2NO/c1-7(12)10(16)15-5-8-3-2-4-11(13,14)9(8)6-15/h7-9H,2-6H2,1H3. The molecule has 0 aromatic carbocycles. The van der Waals surface area contributed by atoms with Gasteiger partial charge in [0.05, 0.1) is 0 Å². The molecule has 3 atom stereocenters. The average Bonchev–Trinajstić information content (AvgIpc) is 2.61. The second-order valence-corrected chi connectivity index (χ2v) is 5.53. The number of nitrogens with zero attached hydrogens (tertiary/aromatic N) is 1. The number of likely N-dealkylation sites (tertiary alicyclic amines) is 1. The number of hydrogen-bond donors (Lipinski definition) is 0. The third-order valence-corrected chi connectivity index (χ3v) is 3.91. The van der Waals surface area contributed by atoms with Crippen LogP contribution in [0.3, 0.4) is 0 Å². The second kappa shape index (κ2) is 4.13. The molecule has 2 rings (SSSR count). The van der Waals surface area contributed by atoms with Gasteiger partial charge >= 0.3 is 0 Å². The molecule has 1 aliphatic heterocycles. The number of hydrogen-bond acceptors (Lipinski definition) is 1. The Hall–Kier alpha value is -0.380. The first kappa shape index (κ1) is 12.1. The van der Waals surface area contributed by atoms with Crippen LogP contribution in [0, 0.1) is 11.8 Å². The summed E-state index contributed by atoms with van der Waals surface area (Å²) in [6, 6.07) is 0. The fourth-order valence-corrected chi connectivity index (χ4v) is 3.00. The third-order valence-electron chi connectivity index (χ3n) is 3.72. The normalized spacial score (nSPS) is 34.6. The van der Waals surface area contributed by atoms with Gasteiger partial charge in [0.15, 0.2) is 0 Å². The van der Waals surface area contributed by atoms with Crippen LogP contribution in [0.4, 0.5) is 8.78 Å². The van der Waals surface area contributed by atoms with E-state index in [-0.39, 0.29) is 24.8 Å². The highest BCUT2D eigenvalue weighted by Gasteiger charge is 2.51. The van der Waals surface area contributed by atoms with Gasteiger partial charge < -0.3 is 4.90 Å². The smallest absolute Gasteiger partial charge is 0.252 e. The van der Waals surface area contributed by atoms with Gasteiger partial charge in [-0.15, -0.1) is 11.6 Å². The SMILES string of the molecule is CC(Cl)C(=O)N1CC2CCCC(F)(F)C2C1. The molecular weight excluding hydrogens is 236 g/mol. The molecule has 0 bridgehead atoms. The van der Waals surface area contributed by atoms with E-state index in [4.69, 9.17) is 11.6 Å². The molecule has 1 amide bonds. The number of carbonyl (C=O) groups is 1. The summed E-state index contributed by atoms with van der Waals surface area (Å²) in [4.78, 5) is 13.2. The van der Waals surface area contributed by atoms with Crippen molar-refractivity contribution in [1.82, 2.24) is 4.90 Å². The molecule has 5 heteroatoms. The predicted molar refractivity (Wildman–Crippen MR) is 57.7 cm³/mol. The van der Waals surface area contributed by atoms with Gasteiger partial charge in [0.2, 0.25) is 5.91 Å². The summed E-state index contributed by atoms with van der Waals surface area (Å²) in [5.74, 6) is -3.51. The Balaban J connectivity index is 2.08. The summed E-state index contributed by atoms with van der Waals surface area (Å²) in [5.41, 5.74) is 0. The maximum Gasteiger partial charge on any atom is 0.252 e. The maximum atomic E-state index is 13.6. The minimum atomic E-state index is -2.60. The van der Waals surface area contributed by atoms with Crippen molar-refractivity contribution < 1.29 is 13.6 Å². The number of amides is 1. The first-order valence-corrected chi connectivity index (χ1v) is 6.16. The Morgan fingerprint density at radius 2 is 2.19 bits per heavy atom. The molecule has 0 N–H and O–H groups in total. The quantitative estimate of drug-likeness (QED) is 0.656. The lowest BCUT2D eigenvalue weighted by Gasteiger charge is -2.32. The van der Waals surface area contributed by atoms with Gasteiger partial charge in [-0.25, -0.2) is 8.78 Å². The topological polar surface area (TPSA) is 20.3 Å². The minimum Gasteiger partial charge on any atom is -0.341 e. The molecular formula is C11H16ClF2NO. The Morgan fingerprint density at radius 1 is 1.50 bits per heavy atom. The molecule has 2 fully saturated rings. The Labute approximate surface area is 98.9 Å². The maximum absolute atomic E-state index is 13.6. The van der Waals surface area contributed by atoms with Crippen LogP contribution in [0.5, 0.6) is 0 Å². The van der Waals surface area contributed by atoms with Crippen LogP contribution >= 0.6 is 11.6 Å². The van der Waals surface area contributed by atoms with Gasteiger partial charge in [-0.1, -0.05) is 0 Å². The van der Waals surface area contributed by atoms with Gasteiger partial charge in [-0.3, -0.25) is 4.79 Å². The average molecular weight is 252 g/mol. The van der Waals surface area contributed by atoms with Crippen molar-refractivity contribution in [3.8, 4) is 0 Å². The lowest BCUT2D eigenvalue weighted by atomic mass is 9.79. The van der Waals surface area contributed by atoms with Crippen LogP contribution < -0.4 is 0 Å². The number of halogens is 3. The van der Waals surface area contributed by atoms with Gasteiger partial charge in [0, 0.05) is 25.4 Å². The highest BCUT2D eigenvalue weighted by atomic mass is 35.5. The van der Waals surface area contributed by atoms with Crippen molar-refractivity contribution in [3.05, 3.63) is 0 Å². The number of fused-ring (bicyclic) bond motifs is 1. The molecule has 3 unspecified atom stereocenters. The van der Waals surface area contributed by atoms with Gasteiger partial charge in [-0.2, -0.15) is 0 Å². The summed E-state index contributed by atoms with van der Waals surface area (Å²) >= 11 is 5.70. The first-order chi connectivity index (χ1) is 7.42. The van der Waals surface area contributed by atoms with E-state index in [0.717, 1.165) is 6.42 Å². The monoisotopic (exact) mass is 251 g/mol. The van der Waals surface area contributed by atoms with Crippen molar-refractivity contribution in [2.24, 2.45) is 11.8 Å². The predicted octanol–water partition coefficient (Wildman–Crippen LogP) is 2.51. The van der Waals surface area contributed by atoms with Crippen molar-refractivity contribution in [2.45, 2.75) is 37.5 Å². The van der Waals surface area contributed by atoms with E-state index < -0.39 is 17.2 Å². The molecule has 0 aromatic heterocycles. The number of alkyl halides is 3. The highest BCUT2D eigenvalue weighted by Crippen LogP contribution is 2.45. The zero-order valence-electron chi connectivity index (χ0n) is 9.26. The molecule has 1 saturated heterocycles. The van der Waals surface area contributed by atoms with Crippen molar-refractivity contribution in [3.63, 3.8) is 0 Å². The molecule has 1 aliphatic carbocycles. The van der Waals surface area contributed by atoms with E-state index in [1.165, 1.54) is 4.90 Å². The van der Waals surface area contributed by atoms with Gasteiger partial charge in [-0.05, 0) is 25.7 Å². The first-order valence-electron chi connectivity index (χ1n) is 5.72. The van der Waals surface area contributed by atoms with Crippen molar-refractivity contribution in [2.75, 3.05) is 13.1 Å². The minimum absolute atomic E-state index is 0.0351. The highest BCUT2D eigenvalue weighted by molar-refractivity contribution is 6.30. The fraction of sp³-hybridized carbons (Fsp3) is 0.909. The van der Waals surface area contributed by atoms with Crippen molar-refractivity contribution in [1.29, 1.82) is 0 Å². The molecule has 92 valence electrons. The van der Waals surface area contributed by atoms with Crippen LogP contribution in [0.25, 0.3) is 0 Å². The molecule has 2 aliphatic rings. The van der Waals surface area contributed by atoms with E-state index in [1.54, 1.807) is 6.92 Å². The fourth-order valence-electron chi connectivity index (χ4n) is 2.86. The van der Waals surface area contributed by atoms with Crippen molar-refractivity contribution >= 4 is 17.5 Å². The Bertz CT molecular complexity index is 296. The Morgan fingerprint density at radius 3 is 2.75 bits per heavy atom. The van der Waals surface area contributed by atoms with Crippen LogP contribution in [0.1, 0.15) is 26.2 Å². The molecule has 1 saturated carbocycles. The second-order valence-electron chi connectivity index (χ2n) is 4.88. The van der Waals surface area contributed by atoms with Gasteiger partial charge in [0.25, 0.3) is 5.92 Å². The summed E-state index contributed by atoms with van der Waals surface area (Å²) < 4.78 is 27.3. The molecule has 16 heavy (non-hydrogen) atoms. The van der Waals surface area contributed by atoms with Crippen LogP contribution in [-0.2, 0) is 4.79 Å². The summed E-state index contributed by atoms with van der Waals surface area (Å²) in [6.07, 6.45) is 1.33. The summed E-state index contributed by atoms with van der Waals surface area (Å²) in [5, 5.41) is -0.617. The number of carbonyl (C=O) groups excluding carboxylic acids is 1. The molecule has 0 spiro atoms. The lowest BCUT2D eigenvalue weighted by molar-refractivity contribution is -0.130.